The average Bonchev–Trinajstić information content (AvgIpc) is 2.36. The number of hydrogen-bond acceptors (Lipinski definition) is 3. The van der Waals surface area contributed by atoms with Gasteiger partial charge in [0.15, 0.2) is 0 Å². The minimum Gasteiger partial charge on any atom is -0.496 e. The summed E-state index contributed by atoms with van der Waals surface area (Å²) in [5, 5.41) is 3.51. The molecule has 0 aliphatic rings. The summed E-state index contributed by atoms with van der Waals surface area (Å²) < 4.78 is 11.3. The molecule has 0 bridgehead atoms. The third-order valence-electron chi connectivity index (χ3n) is 3.29. The molecule has 1 aromatic rings. The Bertz CT molecular complexity index is 435. The summed E-state index contributed by atoms with van der Waals surface area (Å²) in [5.74, 6) is 0.943. The molecule has 0 radical (unpaired) electrons. The van der Waals surface area contributed by atoms with Gasteiger partial charge in [-0.15, -0.1) is 0 Å². The molecule has 1 atom stereocenters. The number of benzene rings is 1. The van der Waals surface area contributed by atoms with E-state index in [9.17, 15) is 0 Å². The first-order valence-electron chi connectivity index (χ1n) is 7.31. The molecular weight excluding hydrogens is 250 g/mol. The van der Waals surface area contributed by atoms with E-state index in [1.165, 1.54) is 11.1 Å². The fourth-order valence-corrected chi connectivity index (χ4v) is 2.25. The number of hydrogen-bond donors (Lipinski definition) is 1. The van der Waals surface area contributed by atoms with Crippen molar-refractivity contribution in [1.29, 1.82) is 0 Å². The maximum atomic E-state index is 5.96. The Hall–Kier alpha value is -1.06. The van der Waals surface area contributed by atoms with Gasteiger partial charge in [-0.05, 0) is 63.9 Å². The lowest BCUT2D eigenvalue weighted by Gasteiger charge is -2.26. The van der Waals surface area contributed by atoms with Gasteiger partial charge in [-0.25, -0.2) is 0 Å². The van der Waals surface area contributed by atoms with E-state index >= 15 is 0 Å². The predicted octanol–water partition coefficient (Wildman–Crippen LogP) is 3.78. The lowest BCUT2D eigenvalue weighted by atomic mass is 9.98. The van der Waals surface area contributed by atoms with Crippen molar-refractivity contribution in [1.82, 2.24) is 5.32 Å². The second kappa shape index (κ2) is 7.09. The molecule has 0 amide bonds. The SMILES string of the molecule is CCNC(COC(C)(C)C)c1cc(C)c(OC)cc1C. The summed E-state index contributed by atoms with van der Waals surface area (Å²) in [6, 6.07) is 4.52. The number of nitrogens with one attached hydrogen (secondary N) is 1. The molecule has 0 aromatic heterocycles. The normalized spacial score (nSPS) is 13.3. The average molecular weight is 279 g/mol. The molecule has 0 aliphatic carbocycles. The second-order valence-electron chi connectivity index (χ2n) is 6.21. The van der Waals surface area contributed by atoms with Crippen LogP contribution >= 0.6 is 0 Å². The van der Waals surface area contributed by atoms with E-state index < -0.39 is 0 Å². The predicted molar refractivity (Wildman–Crippen MR) is 84.6 cm³/mol. The van der Waals surface area contributed by atoms with Crippen LogP contribution in [0.2, 0.25) is 0 Å². The summed E-state index contributed by atoms with van der Waals surface area (Å²) in [7, 11) is 1.71. The molecule has 0 spiro atoms. The monoisotopic (exact) mass is 279 g/mol. The molecule has 3 heteroatoms. The zero-order valence-corrected chi connectivity index (χ0v) is 14.0. The summed E-state index contributed by atoms with van der Waals surface area (Å²) in [4.78, 5) is 0. The third-order valence-corrected chi connectivity index (χ3v) is 3.29. The van der Waals surface area contributed by atoms with E-state index in [-0.39, 0.29) is 11.6 Å². The van der Waals surface area contributed by atoms with Gasteiger partial charge in [-0.1, -0.05) is 13.0 Å². The zero-order chi connectivity index (χ0) is 15.3. The Balaban J connectivity index is 2.99. The van der Waals surface area contributed by atoms with Gasteiger partial charge in [-0.3, -0.25) is 0 Å². The molecule has 0 saturated heterocycles. The summed E-state index contributed by atoms with van der Waals surface area (Å²) >= 11 is 0. The van der Waals surface area contributed by atoms with E-state index in [2.05, 4.69) is 59.0 Å². The largest absolute Gasteiger partial charge is 0.496 e. The molecule has 0 saturated carbocycles. The molecule has 3 nitrogen and oxygen atoms in total. The Kier molecular flexibility index (Phi) is 6.03. The second-order valence-corrected chi connectivity index (χ2v) is 6.21. The van der Waals surface area contributed by atoms with E-state index in [1.807, 2.05) is 0 Å². The third kappa shape index (κ3) is 4.80. The molecular formula is C17H29NO2. The highest BCUT2D eigenvalue weighted by molar-refractivity contribution is 5.42. The van der Waals surface area contributed by atoms with Crippen molar-refractivity contribution in [3.63, 3.8) is 0 Å². The molecule has 20 heavy (non-hydrogen) atoms. The van der Waals surface area contributed by atoms with Crippen molar-refractivity contribution in [2.24, 2.45) is 0 Å². The van der Waals surface area contributed by atoms with Crippen molar-refractivity contribution in [3.8, 4) is 5.75 Å². The van der Waals surface area contributed by atoms with Crippen molar-refractivity contribution in [3.05, 3.63) is 28.8 Å². The molecule has 0 aliphatic heterocycles. The van der Waals surface area contributed by atoms with E-state index in [0.29, 0.717) is 6.61 Å². The van der Waals surface area contributed by atoms with Gasteiger partial charge >= 0.3 is 0 Å². The number of aryl methyl sites for hydroxylation is 2. The number of methoxy groups -OCH3 is 1. The Morgan fingerprint density at radius 3 is 2.30 bits per heavy atom. The maximum absolute atomic E-state index is 5.96. The van der Waals surface area contributed by atoms with Gasteiger partial charge in [0.05, 0.1) is 25.4 Å². The zero-order valence-electron chi connectivity index (χ0n) is 14.0. The van der Waals surface area contributed by atoms with Crippen LogP contribution in [0.15, 0.2) is 12.1 Å². The lowest BCUT2D eigenvalue weighted by Crippen LogP contribution is -2.30. The fourth-order valence-electron chi connectivity index (χ4n) is 2.25. The molecule has 114 valence electrons. The van der Waals surface area contributed by atoms with Crippen LogP contribution in [0.4, 0.5) is 0 Å². The Labute approximate surface area is 123 Å². The van der Waals surface area contributed by atoms with Crippen LogP contribution in [0, 0.1) is 13.8 Å². The first-order valence-corrected chi connectivity index (χ1v) is 7.31. The molecule has 0 heterocycles. The van der Waals surface area contributed by atoms with Gasteiger partial charge in [0.1, 0.15) is 5.75 Å². The lowest BCUT2D eigenvalue weighted by molar-refractivity contribution is -0.0147. The Morgan fingerprint density at radius 1 is 1.15 bits per heavy atom. The minimum atomic E-state index is -0.122. The van der Waals surface area contributed by atoms with Crippen LogP contribution in [-0.4, -0.2) is 25.9 Å². The van der Waals surface area contributed by atoms with Crippen LogP contribution in [0.3, 0.4) is 0 Å². The quantitative estimate of drug-likeness (QED) is 0.859. The van der Waals surface area contributed by atoms with E-state index in [4.69, 9.17) is 9.47 Å². The summed E-state index contributed by atoms with van der Waals surface area (Å²) in [5.41, 5.74) is 3.56. The molecule has 1 unspecified atom stereocenters. The van der Waals surface area contributed by atoms with Gasteiger partial charge in [-0.2, -0.15) is 0 Å². The van der Waals surface area contributed by atoms with Crippen molar-refractivity contribution in [2.45, 2.75) is 53.2 Å². The van der Waals surface area contributed by atoms with Gasteiger partial charge in [0.25, 0.3) is 0 Å². The summed E-state index contributed by atoms with van der Waals surface area (Å²) in [6.07, 6.45) is 0. The smallest absolute Gasteiger partial charge is 0.122 e. The fraction of sp³-hybridized carbons (Fsp3) is 0.647. The standard InChI is InChI=1S/C17H29NO2/c1-8-18-15(11-20-17(4,5)6)14-9-13(3)16(19-7)10-12(14)2/h9-10,15,18H,8,11H2,1-7H3. The number of rotatable bonds is 6. The van der Waals surface area contributed by atoms with Crippen LogP contribution in [0.25, 0.3) is 0 Å². The Morgan fingerprint density at radius 2 is 1.80 bits per heavy atom. The maximum Gasteiger partial charge on any atom is 0.122 e. The van der Waals surface area contributed by atoms with Crippen LogP contribution in [0.1, 0.15) is 50.4 Å². The van der Waals surface area contributed by atoms with Crippen LogP contribution in [-0.2, 0) is 4.74 Å². The van der Waals surface area contributed by atoms with Crippen molar-refractivity contribution < 1.29 is 9.47 Å². The molecule has 0 fully saturated rings. The highest BCUT2D eigenvalue weighted by Gasteiger charge is 2.19. The van der Waals surface area contributed by atoms with Crippen molar-refractivity contribution in [2.75, 3.05) is 20.3 Å². The first-order chi connectivity index (χ1) is 9.28. The first kappa shape index (κ1) is 17.0. The summed E-state index contributed by atoms with van der Waals surface area (Å²) in [6.45, 7) is 14.2. The number of ether oxygens (including phenoxy) is 2. The van der Waals surface area contributed by atoms with E-state index in [1.54, 1.807) is 7.11 Å². The minimum absolute atomic E-state index is 0.122. The van der Waals surface area contributed by atoms with Gasteiger partial charge < -0.3 is 14.8 Å². The van der Waals surface area contributed by atoms with E-state index in [0.717, 1.165) is 17.9 Å². The topological polar surface area (TPSA) is 30.5 Å². The van der Waals surface area contributed by atoms with Gasteiger partial charge in [0.2, 0.25) is 0 Å². The highest BCUT2D eigenvalue weighted by Crippen LogP contribution is 2.27. The number of likely N-dealkylation sites (N-methyl/N-ethyl adjacent to an activating group) is 1. The molecule has 1 N–H and O–H groups in total. The van der Waals surface area contributed by atoms with Crippen LogP contribution < -0.4 is 10.1 Å². The molecule has 1 aromatic carbocycles. The van der Waals surface area contributed by atoms with Gasteiger partial charge in [0, 0.05) is 0 Å². The van der Waals surface area contributed by atoms with Crippen LogP contribution in [0.5, 0.6) is 5.75 Å². The van der Waals surface area contributed by atoms with Crippen molar-refractivity contribution >= 4 is 0 Å². The highest BCUT2D eigenvalue weighted by atomic mass is 16.5. The molecule has 1 rings (SSSR count).